The smallest absolute Gasteiger partial charge is 0.387 e. The van der Waals surface area contributed by atoms with Crippen molar-refractivity contribution in [1.29, 1.82) is 0 Å². The molecule has 2 aromatic rings. The molecule has 1 fully saturated rings. The number of ether oxygens (including phenoxy) is 3. The van der Waals surface area contributed by atoms with E-state index in [0.717, 1.165) is 5.56 Å². The van der Waals surface area contributed by atoms with E-state index in [2.05, 4.69) is 4.74 Å². The van der Waals surface area contributed by atoms with Gasteiger partial charge in [0.1, 0.15) is 16.4 Å². The van der Waals surface area contributed by atoms with Crippen LogP contribution in [0.2, 0.25) is 0 Å². The van der Waals surface area contributed by atoms with Gasteiger partial charge in [0.25, 0.3) is 0 Å². The van der Waals surface area contributed by atoms with Gasteiger partial charge in [-0.1, -0.05) is 18.2 Å². The second kappa shape index (κ2) is 10.9. The quantitative estimate of drug-likeness (QED) is 0.544. The Morgan fingerprint density at radius 2 is 1.76 bits per heavy atom. The number of hydrogen-bond acceptors (Lipinski definition) is 6. The number of alkyl halides is 2. The summed E-state index contributed by atoms with van der Waals surface area (Å²) in [6.07, 6.45) is -0.0152. The number of halogens is 2. The van der Waals surface area contributed by atoms with Gasteiger partial charge in [-0.05, 0) is 35.4 Å². The molecule has 0 saturated carbocycles. The summed E-state index contributed by atoms with van der Waals surface area (Å²) < 4.78 is 66.9. The number of carbonyl (C=O) groups is 1. The molecule has 1 aliphatic heterocycles. The summed E-state index contributed by atoms with van der Waals surface area (Å²) in [7, 11) is -0.802. The lowest BCUT2D eigenvalue weighted by Crippen LogP contribution is -2.40. The Balaban J connectivity index is 1.70. The number of nitrogens with zero attached hydrogens (tertiary/aromatic N) is 2. The van der Waals surface area contributed by atoms with Gasteiger partial charge < -0.3 is 19.1 Å². The van der Waals surface area contributed by atoms with Crippen molar-refractivity contribution in [2.45, 2.75) is 24.5 Å². The summed E-state index contributed by atoms with van der Waals surface area (Å²) in [4.78, 5) is 14.2. The first kappa shape index (κ1) is 24.9. The predicted octanol–water partition coefficient (Wildman–Crippen LogP) is 2.52. The monoisotopic (exact) mass is 484 g/mol. The van der Waals surface area contributed by atoms with Crippen molar-refractivity contribution in [2.75, 3.05) is 40.5 Å². The number of sulfonamides is 1. The molecule has 0 atom stereocenters. The fraction of sp³-hybridized carbons (Fsp3) is 0.409. The molecule has 8 nitrogen and oxygen atoms in total. The van der Waals surface area contributed by atoms with Gasteiger partial charge in [0.05, 0.1) is 26.7 Å². The molecule has 180 valence electrons. The Morgan fingerprint density at radius 1 is 1.12 bits per heavy atom. The average Bonchev–Trinajstić information content (AvgIpc) is 2.80. The van der Waals surface area contributed by atoms with Crippen molar-refractivity contribution in [3.05, 3.63) is 53.6 Å². The largest absolute Gasteiger partial charge is 0.495 e. The highest BCUT2D eigenvalue weighted by Crippen LogP contribution is 2.29. The van der Waals surface area contributed by atoms with Crippen molar-refractivity contribution in [3.63, 3.8) is 0 Å². The number of benzene rings is 2. The van der Waals surface area contributed by atoms with E-state index >= 15 is 0 Å². The van der Waals surface area contributed by atoms with Crippen LogP contribution in [0.1, 0.15) is 11.1 Å². The lowest BCUT2D eigenvalue weighted by molar-refractivity contribution is -0.129. The van der Waals surface area contributed by atoms with E-state index < -0.39 is 16.6 Å². The number of hydrogen-bond donors (Lipinski definition) is 0. The third-order valence-corrected chi connectivity index (χ3v) is 7.09. The number of likely N-dealkylation sites (N-methyl/N-ethyl adjacent to an activating group) is 1. The van der Waals surface area contributed by atoms with Crippen LogP contribution in [-0.2, 0) is 32.5 Å². The highest BCUT2D eigenvalue weighted by atomic mass is 32.2. The molecule has 33 heavy (non-hydrogen) atoms. The van der Waals surface area contributed by atoms with E-state index in [1.165, 1.54) is 40.6 Å². The van der Waals surface area contributed by atoms with E-state index in [4.69, 9.17) is 9.47 Å². The molecule has 0 N–H and O–H groups in total. The molecule has 3 rings (SSSR count). The molecule has 1 amide bonds. The van der Waals surface area contributed by atoms with Crippen LogP contribution in [0.4, 0.5) is 8.78 Å². The van der Waals surface area contributed by atoms with Crippen molar-refractivity contribution < 1.29 is 36.2 Å². The van der Waals surface area contributed by atoms with Crippen LogP contribution in [-0.4, -0.2) is 70.6 Å². The van der Waals surface area contributed by atoms with Crippen LogP contribution >= 0.6 is 0 Å². The Kier molecular flexibility index (Phi) is 8.22. The lowest BCUT2D eigenvalue weighted by atomic mass is 10.1. The molecule has 11 heteroatoms. The molecule has 1 heterocycles. The summed E-state index contributed by atoms with van der Waals surface area (Å²) in [5.74, 6) is 0.00918. The van der Waals surface area contributed by atoms with Gasteiger partial charge >= 0.3 is 6.61 Å². The van der Waals surface area contributed by atoms with Gasteiger partial charge in [0, 0.05) is 26.7 Å². The van der Waals surface area contributed by atoms with Crippen LogP contribution in [0.3, 0.4) is 0 Å². The molecule has 0 bridgehead atoms. The number of rotatable bonds is 9. The molecule has 0 unspecified atom stereocenters. The predicted molar refractivity (Wildman–Crippen MR) is 116 cm³/mol. The van der Waals surface area contributed by atoms with Crippen molar-refractivity contribution in [3.8, 4) is 11.5 Å². The van der Waals surface area contributed by atoms with Gasteiger partial charge in [-0.25, -0.2) is 8.42 Å². The maximum atomic E-state index is 13.1. The van der Waals surface area contributed by atoms with Crippen LogP contribution in [0, 0.1) is 0 Å². The molecular weight excluding hydrogens is 458 g/mol. The topological polar surface area (TPSA) is 85.4 Å². The van der Waals surface area contributed by atoms with Crippen molar-refractivity contribution in [1.82, 2.24) is 9.21 Å². The minimum Gasteiger partial charge on any atom is -0.495 e. The fourth-order valence-corrected chi connectivity index (χ4v) is 5.02. The highest BCUT2D eigenvalue weighted by molar-refractivity contribution is 7.89. The SMILES string of the molecule is COc1ccc(CC(=O)N(C)Cc2ccc(OC(F)F)cc2)cc1S(=O)(=O)N1CCOCC1. The Morgan fingerprint density at radius 3 is 2.36 bits per heavy atom. The highest BCUT2D eigenvalue weighted by Gasteiger charge is 2.29. The summed E-state index contributed by atoms with van der Waals surface area (Å²) in [5, 5.41) is 0. The molecular formula is C22H26F2N2O6S. The normalized spacial score (nSPS) is 14.8. The van der Waals surface area contributed by atoms with E-state index in [9.17, 15) is 22.0 Å². The van der Waals surface area contributed by atoms with E-state index in [1.54, 1.807) is 25.2 Å². The van der Waals surface area contributed by atoms with Gasteiger partial charge in [-0.2, -0.15) is 13.1 Å². The van der Waals surface area contributed by atoms with Gasteiger partial charge in [-0.15, -0.1) is 0 Å². The Labute approximate surface area is 191 Å². The summed E-state index contributed by atoms with van der Waals surface area (Å²) in [6, 6.07) is 10.7. The average molecular weight is 485 g/mol. The van der Waals surface area contributed by atoms with Gasteiger partial charge in [-0.3, -0.25) is 4.79 Å². The van der Waals surface area contributed by atoms with E-state index in [0.29, 0.717) is 18.8 Å². The first-order valence-corrected chi connectivity index (χ1v) is 11.7. The maximum absolute atomic E-state index is 13.1. The fourth-order valence-electron chi connectivity index (χ4n) is 3.41. The second-order valence-electron chi connectivity index (χ2n) is 7.45. The Hall–Kier alpha value is -2.76. The zero-order valence-electron chi connectivity index (χ0n) is 18.4. The van der Waals surface area contributed by atoms with Crippen molar-refractivity contribution >= 4 is 15.9 Å². The van der Waals surface area contributed by atoms with Crippen LogP contribution in [0.25, 0.3) is 0 Å². The summed E-state index contributed by atoms with van der Waals surface area (Å²) >= 11 is 0. The van der Waals surface area contributed by atoms with Crippen molar-refractivity contribution in [2.24, 2.45) is 0 Å². The molecule has 0 spiro atoms. The van der Waals surface area contributed by atoms with E-state index in [-0.39, 0.29) is 48.4 Å². The van der Waals surface area contributed by atoms with Gasteiger partial charge in [0.2, 0.25) is 15.9 Å². The molecule has 0 radical (unpaired) electrons. The summed E-state index contributed by atoms with van der Waals surface area (Å²) in [6.45, 7) is -1.51. The zero-order valence-corrected chi connectivity index (χ0v) is 19.2. The molecule has 0 aliphatic carbocycles. The van der Waals surface area contributed by atoms with Crippen LogP contribution < -0.4 is 9.47 Å². The third kappa shape index (κ3) is 6.40. The van der Waals surface area contributed by atoms with Crippen LogP contribution in [0.5, 0.6) is 11.5 Å². The molecule has 1 aliphatic rings. The second-order valence-corrected chi connectivity index (χ2v) is 9.36. The first-order chi connectivity index (χ1) is 15.7. The molecule has 2 aromatic carbocycles. The maximum Gasteiger partial charge on any atom is 0.387 e. The number of amides is 1. The zero-order chi connectivity index (χ0) is 24.0. The number of methoxy groups -OCH3 is 1. The number of morpholine rings is 1. The minimum absolute atomic E-state index is 0.00877. The first-order valence-electron chi connectivity index (χ1n) is 10.2. The minimum atomic E-state index is -3.81. The molecule has 1 saturated heterocycles. The third-order valence-electron chi connectivity index (χ3n) is 5.17. The standard InChI is InChI=1S/C22H26F2N2O6S/c1-25(15-16-3-6-18(7-4-16)32-22(23)24)21(27)14-17-5-8-19(30-2)20(13-17)33(28,29)26-9-11-31-12-10-26/h3-8,13,22H,9-12,14-15H2,1-2H3. The lowest BCUT2D eigenvalue weighted by Gasteiger charge is -2.27. The summed E-state index contributed by atoms with van der Waals surface area (Å²) in [5.41, 5.74) is 1.26. The van der Waals surface area contributed by atoms with Crippen LogP contribution in [0.15, 0.2) is 47.4 Å². The Bertz CT molecular complexity index is 1060. The van der Waals surface area contributed by atoms with E-state index in [1.807, 2.05) is 0 Å². The van der Waals surface area contributed by atoms with Gasteiger partial charge in [0.15, 0.2) is 0 Å². The molecule has 0 aromatic heterocycles. The number of carbonyl (C=O) groups excluding carboxylic acids is 1.